The SMILES string of the molecule is C=C(N)NCCCC. The molecule has 0 aliphatic carbocycles. The maximum absolute atomic E-state index is 5.23. The first kappa shape index (κ1) is 7.34. The average Bonchev–Trinajstić information content (AvgIpc) is 1.66. The van der Waals surface area contributed by atoms with Crippen LogP contribution in [0.5, 0.6) is 0 Å². The largest absolute Gasteiger partial charge is 0.386 e. The van der Waals surface area contributed by atoms with Gasteiger partial charge in [0.05, 0.1) is 5.82 Å². The van der Waals surface area contributed by atoms with E-state index in [0.717, 1.165) is 13.0 Å². The van der Waals surface area contributed by atoms with Gasteiger partial charge in [0, 0.05) is 6.54 Å². The van der Waals surface area contributed by atoms with Crippen molar-refractivity contribution in [1.29, 1.82) is 0 Å². The molecule has 0 aromatic rings. The predicted molar refractivity (Wildman–Crippen MR) is 36.2 cm³/mol. The summed E-state index contributed by atoms with van der Waals surface area (Å²) in [4.78, 5) is 0. The minimum absolute atomic E-state index is 0.568. The van der Waals surface area contributed by atoms with Crippen LogP contribution >= 0.6 is 0 Å². The monoisotopic (exact) mass is 114 g/mol. The van der Waals surface area contributed by atoms with Crippen molar-refractivity contribution >= 4 is 0 Å². The zero-order chi connectivity index (χ0) is 6.41. The van der Waals surface area contributed by atoms with Crippen LogP contribution in [-0.2, 0) is 0 Å². The Morgan fingerprint density at radius 3 is 2.75 bits per heavy atom. The molecule has 0 atom stereocenters. The van der Waals surface area contributed by atoms with Crippen molar-refractivity contribution in [3.8, 4) is 0 Å². The second kappa shape index (κ2) is 4.50. The lowest BCUT2D eigenvalue weighted by atomic mass is 10.3. The molecule has 0 radical (unpaired) electrons. The Morgan fingerprint density at radius 1 is 1.75 bits per heavy atom. The Hall–Kier alpha value is -0.660. The minimum Gasteiger partial charge on any atom is -0.386 e. The molecule has 0 aliphatic rings. The molecule has 0 heterocycles. The first-order valence-electron chi connectivity index (χ1n) is 2.95. The van der Waals surface area contributed by atoms with E-state index in [-0.39, 0.29) is 0 Å². The Labute approximate surface area is 50.8 Å². The van der Waals surface area contributed by atoms with Gasteiger partial charge >= 0.3 is 0 Å². The van der Waals surface area contributed by atoms with Gasteiger partial charge in [-0.25, -0.2) is 0 Å². The van der Waals surface area contributed by atoms with E-state index in [1.807, 2.05) is 0 Å². The lowest BCUT2D eigenvalue weighted by Gasteiger charge is -2.00. The molecule has 3 N–H and O–H groups in total. The summed E-state index contributed by atoms with van der Waals surface area (Å²) < 4.78 is 0. The molecule has 2 heteroatoms. The van der Waals surface area contributed by atoms with Crippen LogP contribution in [-0.4, -0.2) is 6.54 Å². The van der Waals surface area contributed by atoms with Crippen molar-refractivity contribution in [3.05, 3.63) is 12.4 Å². The summed E-state index contributed by atoms with van der Waals surface area (Å²) in [5, 5.41) is 2.93. The number of rotatable bonds is 4. The van der Waals surface area contributed by atoms with Crippen LogP contribution in [0, 0.1) is 0 Å². The number of unbranched alkanes of at least 4 members (excludes halogenated alkanes) is 1. The Bertz CT molecular complexity index is 68.9. The minimum atomic E-state index is 0.568. The van der Waals surface area contributed by atoms with Gasteiger partial charge in [0.15, 0.2) is 0 Å². The smallest absolute Gasteiger partial charge is 0.0885 e. The summed E-state index contributed by atoms with van der Waals surface area (Å²) in [6.45, 7) is 6.58. The van der Waals surface area contributed by atoms with Crippen molar-refractivity contribution in [2.45, 2.75) is 19.8 Å². The van der Waals surface area contributed by atoms with E-state index >= 15 is 0 Å². The fraction of sp³-hybridized carbons (Fsp3) is 0.667. The molecular weight excluding hydrogens is 100 g/mol. The first-order chi connectivity index (χ1) is 3.77. The molecule has 2 nitrogen and oxygen atoms in total. The second-order valence-corrected chi connectivity index (χ2v) is 1.81. The van der Waals surface area contributed by atoms with Gasteiger partial charge in [-0.3, -0.25) is 0 Å². The van der Waals surface area contributed by atoms with E-state index < -0.39 is 0 Å². The van der Waals surface area contributed by atoms with Crippen LogP contribution < -0.4 is 11.1 Å². The topological polar surface area (TPSA) is 38.0 Å². The van der Waals surface area contributed by atoms with Crippen molar-refractivity contribution in [2.75, 3.05) is 6.54 Å². The van der Waals surface area contributed by atoms with Crippen LogP contribution in [0.4, 0.5) is 0 Å². The molecule has 0 aromatic carbocycles. The first-order valence-corrected chi connectivity index (χ1v) is 2.95. The molecule has 0 unspecified atom stereocenters. The lowest BCUT2D eigenvalue weighted by Crippen LogP contribution is -2.19. The zero-order valence-electron chi connectivity index (χ0n) is 5.41. The fourth-order valence-electron chi connectivity index (χ4n) is 0.426. The van der Waals surface area contributed by atoms with Crippen molar-refractivity contribution in [2.24, 2.45) is 5.73 Å². The molecule has 0 bridgehead atoms. The van der Waals surface area contributed by atoms with Gasteiger partial charge in [-0.05, 0) is 6.42 Å². The van der Waals surface area contributed by atoms with Crippen LogP contribution in [0.15, 0.2) is 12.4 Å². The maximum atomic E-state index is 5.23. The summed E-state index contributed by atoms with van der Waals surface area (Å²) >= 11 is 0. The highest BCUT2D eigenvalue weighted by Crippen LogP contribution is 1.82. The highest BCUT2D eigenvalue weighted by atomic mass is 15.0. The van der Waals surface area contributed by atoms with E-state index in [2.05, 4.69) is 18.8 Å². The van der Waals surface area contributed by atoms with Gasteiger partial charge in [0.25, 0.3) is 0 Å². The lowest BCUT2D eigenvalue weighted by molar-refractivity contribution is 0.707. The molecule has 48 valence electrons. The van der Waals surface area contributed by atoms with Gasteiger partial charge < -0.3 is 11.1 Å². The summed E-state index contributed by atoms with van der Waals surface area (Å²) in [5.41, 5.74) is 5.23. The van der Waals surface area contributed by atoms with Crippen LogP contribution in [0.3, 0.4) is 0 Å². The van der Waals surface area contributed by atoms with E-state index in [1.54, 1.807) is 0 Å². The summed E-state index contributed by atoms with van der Waals surface area (Å²) in [5.74, 6) is 0.568. The number of hydrogen-bond acceptors (Lipinski definition) is 2. The third-order valence-electron chi connectivity index (χ3n) is 0.882. The third-order valence-corrected chi connectivity index (χ3v) is 0.882. The van der Waals surface area contributed by atoms with Crippen molar-refractivity contribution in [1.82, 2.24) is 5.32 Å². The molecule has 0 amide bonds. The third kappa shape index (κ3) is 5.34. The number of hydrogen-bond donors (Lipinski definition) is 2. The fourth-order valence-corrected chi connectivity index (χ4v) is 0.426. The zero-order valence-corrected chi connectivity index (χ0v) is 5.41. The second-order valence-electron chi connectivity index (χ2n) is 1.81. The van der Waals surface area contributed by atoms with Gasteiger partial charge in [0.1, 0.15) is 0 Å². The average molecular weight is 114 g/mol. The Morgan fingerprint density at radius 2 is 2.38 bits per heavy atom. The molecule has 8 heavy (non-hydrogen) atoms. The van der Waals surface area contributed by atoms with E-state index in [4.69, 9.17) is 5.73 Å². The van der Waals surface area contributed by atoms with Gasteiger partial charge in [-0.2, -0.15) is 0 Å². The predicted octanol–water partition coefficient (Wildman–Crippen LogP) is 0.806. The number of nitrogens with one attached hydrogen (secondary N) is 1. The summed E-state index contributed by atoms with van der Waals surface area (Å²) in [7, 11) is 0. The van der Waals surface area contributed by atoms with Gasteiger partial charge in [-0.15, -0.1) is 0 Å². The number of nitrogens with two attached hydrogens (primary N) is 1. The van der Waals surface area contributed by atoms with E-state index in [9.17, 15) is 0 Å². The quantitative estimate of drug-likeness (QED) is 0.531. The molecule has 0 saturated heterocycles. The molecule has 0 fully saturated rings. The Balaban J connectivity index is 2.82. The normalized spacial score (nSPS) is 8.62. The van der Waals surface area contributed by atoms with Crippen LogP contribution in [0.1, 0.15) is 19.8 Å². The summed E-state index contributed by atoms with van der Waals surface area (Å²) in [6.07, 6.45) is 2.36. The van der Waals surface area contributed by atoms with Crippen LogP contribution in [0.25, 0.3) is 0 Å². The highest BCUT2D eigenvalue weighted by Gasteiger charge is 1.81. The molecule has 0 aromatic heterocycles. The van der Waals surface area contributed by atoms with Gasteiger partial charge in [-0.1, -0.05) is 19.9 Å². The molecular formula is C6H14N2. The van der Waals surface area contributed by atoms with E-state index in [1.165, 1.54) is 6.42 Å². The van der Waals surface area contributed by atoms with E-state index in [0.29, 0.717) is 5.82 Å². The van der Waals surface area contributed by atoms with Crippen molar-refractivity contribution < 1.29 is 0 Å². The standard InChI is InChI=1S/C6H14N2/c1-3-4-5-8-6(2)7/h8H,2-5,7H2,1H3. The van der Waals surface area contributed by atoms with Crippen molar-refractivity contribution in [3.63, 3.8) is 0 Å². The van der Waals surface area contributed by atoms with Crippen LogP contribution in [0.2, 0.25) is 0 Å². The maximum Gasteiger partial charge on any atom is 0.0885 e. The molecule has 0 rings (SSSR count). The van der Waals surface area contributed by atoms with Gasteiger partial charge in [0.2, 0.25) is 0 Å². The highest BCUT2D eigenvalue weighted by molar-refractivity contribution is 4.81. The molecule has 0 spiro atoms. The summed E-state index contributed by atoms with van der Waals surface area (Å²) in [6, 6.07) is 0. The Kier molecular flexibility index (Phi) is 4.13. The molecule has 0 aliphatic heterocycles. The molecule has 0 saturated carbocycles.